The normalized spacial score (nSPS) is 11.9. The van der Waals surface area contributed by atoms with E-state index >= 15 is 0 Å². The molecule has 20 heavy (non-hydrogen) atoms. The molecular formula is C16H18O4. The molecule has 106 valence electrons. The molecule has 0 spiro atoms. The van der Waals surface area contributed by atoms with E-state index in [0.717, 1.165) is 11.1 Å². The molecule has 0 amide bonds. The highest BCUT2D eigenvalue weighted by Crippen LogP contribution is 2.35. The molecule has 0 radical (unpaired) electrons. The van der Waals surface area contributed by atoms with E-state index in [4.69, 9.17) is 9.47 Å². The van der Waals surface area contributed by atoms with Crippen molar-refractivity contribution in [1.82, 2.24) is 0 Å². The van der Waals surface area contributed by atoms with Crippen molar-refractivity contribution < 1.29 is 19.7 Å². The molecule has 1 atom stereocenters. The molecule has 0 saturated heterocycles. The minimum atomic E-state index is -0.117. The molecular weight excluding hydrogens is 256 g/mol. The van der Waals surface area contributed by atoms with E-state index in [-0.39, 0.29) is 17.4 Å². The summed E-state index contributed by atoms with van der Waals surface area (Å²) in [5.74, 6) is 1.17. The summed E-state index contributed by atoms with van der Waals surface area (Å²) in [5, 5.41) is 18.9. The third-order valence-corrected chi connectivity index (χ3v) is 3.41. The first-order valence-corrected chi connectivity index (χ1v) is 6.30. The van der Waals surface area contributed by atoms with Gasteiger partial charge in [-0.1, -0.05) is 19.1 Å². The van der Waals surface area contributed by atoms with Gasteiger partial charge in [-0.25, -0.2) is 0 Å². The highest BCUT2D eigenvalue weighted by atomic mass is 16.5. The maximum absolute atomic E-state index is 9.58. The average Bonchev–Trinajstić information content (AvgIpc) is 2.48. The molecule has 2 N–H and O–H groups in total. The molecule has 0 aliphatic heterocycles. The fourth-order valence-electron chi connectivity index (χ4n) is 2.12. The third kappa shape index (κ3) is 2.64. The number of methoxy groups -OCH3 is 2. The monoisotopic (exact) mass is 274 g/mol. The molecule has 2 rings (SSSR count). The van der Waals surface area contributed by atoms with Crippen LogP contribution in [0.3, 0.4) is 0 Å². The van der Waals surface area contributed by atoms with E-state index in [1.807, 2.05) is 25.1 Å². The second-order valence-corrected chi connectivity index (χ2v) is 4.58. The summed E-state index contributed by atoms with van der Waals surface area (Å²) in [4.78, 5) is 0. The van der Waals surface area contributed by atoms with E-state index in [2.05, 4.69) is 0 Å². The standard InChI is InChI=1S/C16H18O4/c1-10(11-4-6-13(17)14(18)8-11)12-5-7-15(19-2)16(9-12)20-3/h4-10,17-18H,1-3H3. The Morgan fingerprint density at radius 3 is 2.00 bits per heavy atom. The number of aromatic hydroxyl groups is 2. The second-order valence-electron chi connectivity index (χ2n) is 4.58. The Labute approximate surface area is 118 Å². The summed E-state index contributed by atoms with van der Waals surface area (Å²) < 4.78 is 10.5. The molecule has 0 aliphatic rings. The zero-order valence-electron chi connectivity index (χ0n) is 11.8. The summed E-state index contributed by atoms with van der Waals surface area (Å²) in [5.41, 5.74) is 1.94. The molecule has 2 aromatic carbocycles. The fourth-order valence-corrected chi connectivity index (χ4v) is 2.12. The molecule has 0 bridgehead atoms. The molecule has 4 heteroatoms. The van der Waals surface area contributed by atoms with Gasteiger partial charge in [0.25, 0.3) is 0 Å². The zero-order chi connectivity index (χ0) is 14.7. The highest BCUT2D eigenvalue weighted by Gasteiger charge is 2.13. The van der Waals surface area contributed by atoms with Crippen molar-refractivity contribution in [2.24, 2.45) is 0 Å². The summed E-state index contributed by atoms with van der Waals surface area (Å²) in [6, 6.07) is 10.6. The molecule has 0 fully saturated rings. The number of ether oxygens (including phenoxy) is 2. The first-order chi connectivity index (χ1) is 9.56. The van der Waals surface area contributed by atoms with Gasteiger partial charge in [0.2, 0.25) is 0 Å². The lowest BCUT2D eigenvalue weighted by molar-refractivity contribution is 0.354. The molecule has 1 unspecified atom stereocenters. The van der Waals surface area contributed by atoms with Crippen molar-refractivity contribution in [1.29, 1.82) is 0 Å². The maximum Gasteiger partial charge on any atom is 0.161 e. The molecule has 2 aromatic rings. The van der Waals surface area contributed by atoms with Crippen molar-refractivity contribution in [3.05, 3.63) is 47.5 Å². The van der Waals surface area contributed by atoms with Gasteiger partial charge in [0, 0.05) is 5.92 Å². The first-order valence-electron chi connectivity index (χ1n) is 6.30. The lowest BCUT2D eigenvalue weighted by Gasteiger charge is -2.16. The zero-order valence-corrected chi connectivity index (χ0v) is 11.8. The van der Waals surface area contributed by atoms with Gasteiger partial charge < -0.3 is 19.7 Å². The molecule has 0 heterocycles. The smallest absolute Gasteiger partial charge is 0.161 e. The van der Waals surface area contributed by atoms with E-state index in [1.165, 1.54) is 6.07 Å². The fraction of sp³-hybridized carbons (Fsp3) is 0.250. The van der Waals surface area contributed by atoms with Crippen molar-refractivity contribution in [3.8, 4) is 23.0 Å². The Balaban J connectivity index is 2.37. The van der Waals surface area contributed by atoms with Gasteiger partial charge in [0.15, 0.2) is 23.0 Å². The topological polar surface area (TPSA) is 58.9 Å². The Hall–Kier alpha value is -2.36. The number of hydrogen-bond acceptors (Lipinski definition) is 4. The van der Waals surface area contributed by atoms with Crippen molar-refractivity contribution in [3.63, 3.8) is 0 Å². The summed E-state index contributed by atoms with van der Waals surface area (Å²) in [7, 11) is 3.19. The van der Waals surface area contributed by atoms with Crippen molar-refractivity contribution in [2.75, 3.05) is 14.2 Å². The summed E-state index contributed by atoms with van der Waals surface area (Å²) >= 11 is 0. The van der Waals surface area contributed by atoms with Gasteiger partial charge in [-0.05, 0) is 35.4 Å². The van der Waals surface area contributed by atoms with Crippen LogP contribution in [0.5, 0.6) is 23.0 Å². The third-order valence-electron chi connectivity index (χ3n) is 3.41. The van der Waals surface area contributed by atoms with Gasteiger partial charge in [-0.2, -0.15) is 0 Å². The van der Waals surface area contributed by atoms with E-state index in [0.29, 0.717) is 11.5 Å². The van der Waals surface area contributed by atoms with Gasteiger partial charge in [-0.15, -0.1) is 0 Å². The van der Waals surface area contributed by atoms with Crippen LogP contribution in [0.1, 0.15) is 24.0 Å². The second kappa shape index (κ2) is 5.74. The van der Waals surface area contributed by atoms with E-state index < -0.39 is 0 Å². The van der Waals surface area contributed by atoms with Crippen LogP contribution in [0.2, 0.25) is 0 Å². The molecule has 0 aromatic heterocycles. The van der Waals surface area contributed by atoms with Crippen LogP contribution in [-0.2, 0) is 0 Å². The van der Waals surface area contributed by atoms with Crippen molar-refractivity contribution in [2.45, 2.75) is 12.8 Å². The van der Waals surface area contributed by atoms with Crippen LogP contribution in [0.15, 0.2) is 36.4 Å². The van der Waals surface area contributed by atoms with E-state index in [9.17, 15) is 10.2 Å². The number of benzene rings is 2. The van der Waals surface area contributed by atoms with Gasteiger partial charge >= 0.3 is 0 Å². The number of phenolic OH excluding ortho intramolecular Hbond substituents is 2. The van der Waals surface area contributed by atoms with Crippen LogP contribution in [-0.4, -0.2) is 24.4 Å². The van der Waals surface area contributed by atoms with Crippen LogP contribution in [0.4, 0.5) is 0 Å². The molecule has 0 aliphatic carbocycles. The van der Waals surface area contributed by atoms with Crippen molar-refractivity contribution >= 4 is 0 Å². The quantitative estimate of drug-likeness (QED) is 0.840. The maximum atomic E-state index is 9.58. The SMILES string of the molecule is COc1ccc(C(C)c2ccc(O)c(O)c2)cc1OC. The lowest BCUT2D eigenvalue weighted by Crippen LogP contribution is -1.98. The first kappa shape index (κ1) is 14.1. The van der Waals surface area contributed by atoms with Gasteiger partial charge in [0.1, 0.15) is 0 Å². The highest BCUT2D eigenvalue weighted by molar-refractivity contribution is 5.48. The Kier molecular flexibility index (Phi) is 4.03. The number of rotatable bonds is 4. The lowest BCUT2D eigenvalue weighted by atomic mass is 9.92. The minimum absolute atomic E-state index is 0.0568. The summed E-state index contributed by atoms with van der Waals surface area (Å²) in [6.07, 6.45) is 0. The molecule has 0 saturated carbocycles. The number of hydrogen-bond donors (Lipinski definition) is 2. The Bertz CT molecular complexity index is 607. The van der Waals surface area contributed by atoms with E-state index in [1.54, 1.807) is 26.4 Å². The summed E-state index contributed by atoms with van der Waals surface area (Å²) in [6.45, 7) is 2.02. The van der Waals surface area contributed by atoms with Crippen LogP contribution in [0.25, 0.3) is 0 Å². The van der Waals surface area contributed by atoms with Crippen LogP contribution in [0, 0.1) is 0 Å². The van der Waals surface area contributed by atoms with Crippen LogP contribution >= 0.6 is 0 Å². The Morgan fingerprint density at radius 2 is 1.40 bits per heavy atom. The molecule has 4 nitrogen and oxygen atoms in total. The predicted octanol–water partition coefficient (Wildman–Crippen LogP) is 3.27. The largest absolute Gasteiger partial charge is 0.504 e. The predicted molar refractivity (Wildman–Crippen MR) is 76.8 cm³/mol. The Morgan fingerprint density at radius 1 is 0.800 bits per heavy atom. The average molecular weight is 274 g/mol. The van der Waals surface area contributed by atoms with Gasteiger partial charge in [-0.3, -0.25) is 0 Å². The number of phenols is 2. The minimum Gasteiger partial charge on any atom is -0.504 e. The van der Waals surface area contributed by atoms with Gasteiger partial charge in [0.05, 0.1) is 14.2 Å². The van der Waals surface area contributed by atoms with Crippen LogP contribution < -0.4 is 9.47 Å².